The van der Waals surface area contributed by atoms with Crippen molar-refractivity contribution < 1.29 is 9.59 Å². The molecule has 2 amide bonds. The molecule has 4 heteroatoms. The van der Waals surface area contributed by atoms with Gasteiger partial charge in [-0.05, 0) is 36.1 Å². The van der Waals surface area contributed by atoms with Gasteiger partial charge in [-0.25, -0.2) is 0 Å². The predicted molar refractivity (Wildman–Crippen MR) is 92.6 cm³/mol. The Kier molecular flexibility index (Phi) is 3.41. The van der Waals surface area contributed by atoms with Crippen molar-refractivity contribution in [3.63, 3.8) is 0 Å². The number of carbonyl (C=O) groups excluding carboxylic acids is 2. The van der Waals surface area contributed by atoms with Crippen molar-refractivity contribution in [2.45, 2.75) is 25.3 Å². The smallest absolute Gasteiger partial charge is 0.254 e. The number of carbonyl (C=O) groups is 2. The number of aryl methyl sites for hydroxylation is 1. The Labute approximate surface area is 141 Å². The van der Waals surface area contributed by atoms with Crippen LogP contribution in [0.1, 0.15) is 28.8 Å². The summed E-state index contributed by atoms with van der Waals surface area (Å²) in [6.45, 7) is 3.22. The summed E-state index contributed by atoms with van der Waals surface area (Å²) in [5.74, 6) is 0.157. The maximum absolute atomic E-state index is 12.7. The van der Waals surface area contributed by atoms with Crippen molar-refractivity contribution in [3.8, 4) is 11.1 Å². The fourth-order valence-corrected chi connectivity index (χ4v) is 3.72. The van der Waals surface area contributed by atoms with Gasteiger partial charge in [0.05, 0.1) is 5.54 Å². The molecule has 0 radical (unpaired) electrons. The molecule has 2 aromatic carbocycles. The van der Waals surface area contributed by atoms with Crippen molar-refractivity contribution in [1.29, 1.82) is 0 Å². The zero-order valence-electron chi connectivity index (χ0n) is 13.7. The number of nitrogens with one attached hydrogen (secondary N) is 1. The highest BCUT2D eigenvalue weighted by Gasteiger charge is 2.49. The number of rotatable bonds is 2. The van der Waals surface area contributed by atoms with Gasteiger partial charge >= 0.3 is 0 Å². The van der Waals surface area contributed by atoms with Gasteiger partial charge in [-0.3, -0.25) is 9.59 Å². The van der Waals surface area contributed by atoms with Crippen molar-refractivity contribution in [1.82, 2.24) is 10.2 Å². The fraction of sp³-hybridized carbons (Fsp3) is 0.300. The molecular weight excluding hydrogens is 300 g/mol. The molecular formula is C20H20N2O2. The Morgan fingerprint density at radius 1 is 1.08 bits per heavy atom. The summed E-state index contributed by atoms with van der Waals surface area (Å²) in [6.07, 6.45) is 1.41. The quantitative estimate of drug-likeness (QED) is 0.925. The lowest BCUT2D eigenvalue weighted by atomic mass is 9.87. The van der Waals surface area contributed by atoms with E-state index in [1.165, 1.54) is 0 Å². The lowest BCUT2D eigenvalue weighted by Crippen LogP contribution is -2.68. The monoisotopic (exact) mass is 320 g/mol. The Balaban J connectivity index is 1.51. The van der Waals surface area contributed by atoms with E-state index in [0.29, 0.717) is 19.5 Å². The van der Waals surface area contributed by atoms with Crippen LogP contribution in [0.15, 0.2) is 48.5 Å². The van der Waals surface area contributed by atoms with Crippen LogP contribution in [0.2, 0.25) is 0 Å². The highest BCUT2D eigenvalue weighted by atomic mass is 16.2. The first kappa shape index (κ1) is 14.9. The van der Waals surface area contributed by atoms with Gasteiger partial charge in [0.2, 0.25) is 5.91 Å². The summed E-state index contributed by atoms with van der Waals surface area (Å²) >= 11 is 0. The Bertz CT molecular complexity index is 808. The van der Waals surface area contributed by atoms with Crippen molar-refractivity contribution in [2.75, 3.05) is 13.1 Å². The van der Waals surface area contributed by atoms with E-state index in [1.807, 2.05) is 42.2 Å². The second-order valence-corrected chi connectivity index (χ2v) is 6.89. The molecule has 2 heterocycles. The van der Waals surface area contributed by atoms with Crippen LogP contribution in [0.4, 0.5) is 0 Å². The standard InChI is InChI=1S/C20H20N2O2/c1-14-11-16(15-5-3-2-4-6-15)7-8-17(14)19(24)22-12-20(13-22)10-9-18(23)21-20/h2-8,11H,9-10,12-13H2,1H3,(H,21,23). The zero-order chi connectivity index (χ0) is 16.7. The number of amides is 2. The second kappa shape index (κ2) is 5.48. The molecule has 0 atom stereocenters. The Morgan fingerprint density at radius 2 is 1.83 bits per heavy atom. The van der Waals surface area contributed by atoms with Gasteiger partial charge in [0.1, 0.15) is 0 Å². The Morgan fingerprint density at radius 3 is 2.46 bits per heavy atom. The van der Waals surface area contributed by atoms with Crippen LogP contribution in [0.5, 0.6) is 0 Å². The SMILES string of the molecule is Cc1cc(-c2ccccc2)ccc1C(=O)N1CC2(CCC(=O)N2)C1. The Hall–Kier alpha value is -2.62. The third-order valence-corrected chi connectivity index (χ3v) is 5.07. The highest BCUT2D eigenvalue weighted by molar-refractivity contribution is 5.97. The minimum atomic E-state index is -0.162. The largest absolute Gasteiger partial charge is 0.347 e. The van der Waals surface area contributed by atoms with Crippen LogP contribution < -0.4 is 5.32 Å². The van der Waals surface area contributed by atoms with Crippen LogP contribution in [-0.4, -0.2) is 35.3 Å². The normalized spacial score (nSPS) is 18.4. The van der Waals surface area contributed by atoms with Gasteiger partial charge in [-0.15, -0.1) is 0 Å². The number of hydrogen-bond acceptors (Lipinski definition) is 2. The van der Waals surface area contributed by atoms with Gasteiger partial charge in [-0.1, -0.05) is 42.5 Å². The van der Waals surface area contributed by atoms with E-state index in [-0.39, 0.29) is 17.4 Å². The van der Waals surface area contributed by atoms with E-state index in [4.69, 9.17) is 0 Å². The molecule has 0 aliphatic carbocycles. The molecule has 4 nitrogen and oxygen atoms in total. The molecule has 0 aromatic heterocycles. The summed E-state index contributed by atoms with van der Waals surface area (Å²) in [6, 6.07) is 16.1. The van der Waals surface area contributed by atoms with E-state index >= 15 is 0 Å². The van der Waals surface area contributed by atoms with Gasteiger partial charge in [-0.2, -0.15) is 0 Å². The second-order valence-electron chi connectivity index (χ2n) is 6.89. The molecule has 4 rings (SSSR count). The van der Waals surface area contributed by atoms with E-state index in [9.17, 15) is 9.59 Å². The number of benzene rings is 2. The van der Waals surface area contributed by atoms with Crippen LogP contribution in [0.3, 0.4) is 0 Å². The number of nitrogens with zero attached hydrogens (tertiary/aromatic N) is 1. The lowest BCUT2D eigenvalue weighted by molar-refractivity contribution is -0.120. The first-order chi connectivity index (χ1) is 11.6. The van der Waals surface area contributed by atoms with E-state index < -0.39 is 0 Å². The molecule has 2 fully saturated rings. The van der Waals surface area contributed by atoms with Gasteiger partial charge < -0.3 is 10.2 Å². The van der Waals surface area contributed by atoms with E-state index in [1.54, 1.807) is 0 Å². The first-order valence-electron chi connectivity index (χ1n) is 8.33. The zero-order valence-corrected chi connectivity index (χ0v) is 13.7. The van der Waals surface area contributed by atoms with E-state index in [0.717, 1.165) is 28.7 Å². The molecule has 0 saturated carbocycles. The summed E-state index contributed by atoms with van der Waals surface area (Å²) in [5, 5.41) is 3.02. The third kappa shape index (κ3) is 2.48. The van der Waals surface area contributed by atoms with Crippen molar-refractivity contribution >= 4 is 11.8 Å². The van der Waals surface area contributed by atoms with Crippen molar-refractivity contribution in [2.24, 2.45) is 0 Å². The lowest BCUT2D eigenvalue weighted by Gasteiger charge is -2.47. The van der Waals surface area contributed by atoms with Crippen molar-refractivity contribution in [3.05, 3.63) is 59.7 Å². The molecule has 1 N–H and O–H groups in total. The van der Waals surface area contributed by atoms with Gasteiger partial charge in [0, 0.05) is 25.1 Å². The summed E-state index contributed by atoms with van der Waals surface area (Å²) in [4.78, 5) is 26.0. The molecule has 122 valence electrons. The average Bonchev–Trinajstić information content (AvgIpc) is 2.96. The average molecular weight is 320 g/mol. The van der Waals surface area contributed by atoms with Crippen LogP contribution >= 0.6 is 0 Å². The van der Waals surface area contributed by atoms with E-state index in [2.05, 4.69) is 23.5 Å². The fourth-order valence-electron chi connectivity index (χ4n) is 3.72. The molecule has 24 heavy (non-hydrogen) atoms. The summed E-state index contributed by atoms with van der Waals surface area (Å²) < 4.78 is 0. The van der Waals surface area contributed by atoms with Gasteiger partial charge in [0.15, 0.2) is 0 Å². The molecule has 2 aliphatic rings. The third-order valence-electron chi connectivity index (χ3n) is 5.07. The molecule has 2 saturated heterocycles. The molecule has 2 aromatic rings. The number of likely N-dealkylation sites (tertiary alicyclic amines) is 1. The van der Waals surface area contributed by atoms with Crippen LogP contribution in [-0.2, 0) is 4.79 Å². The highest BCUT2D eigenvalue weighted by Crippen LogP contribution is 2.32. The van der Waals surface area contributed by atoms with Crippen LogP contribution in [0.25, 0.3) is 11.1 Å². The molecule has 0 unspecified atom stereocenters. The predicted octanol–water partition coefficient (Wildman–Crippen LogP) is 2.77. The minimum Gasteiger partial charge on any atom is -0.347 e. The molecule has 2 aliphatic heterocycles. The van der Waals surface area contributed by atoms with Crippen LogP contribution in [0, 0.1) is 6.92 Å². The number of hydrogen-bond donors (Lipinski definition) is 1. The maximum Gasteiger partial charge on any atom is 0.254 e. The first-order valence-corrected chi connectivity index (χ1v) is 8.33. The summed E-state index contributed by atoms with van der Waals surface area (Å²) in [5.41, 5.74) is 3.83. The minimum absolute atomic E-state index is 0.0545. The maximum atomic E-state index is 12.7. The molecule has 0 bridgehead atoms. The van der Waals surface area contributed by atoms with Gasteiger partial charge in [0.25, 0.3) is 5.91 Å². The summed E-state index contributed by atoms with van der Waals surface area (Å²) in [7, 11) is 0. The topological polar surface area (TPSA) is 49.4 Å². The molecule has 1 spiro atoms.